The third kappa shape index (κ3) is 2.60. The van der Waals surface area contributed by atoms with Gasteiger partial charge >= 0.3 is 5.97 Å². The Morgan fingerprint density at radius 3 is 2.44 bits per heavy atom. The van der Waals surface area contributed by atoms with Crippen molar-refractivity contribution in [2.75, 3.05) is 13.6 Å². The summed E-state index contributed by atoms with van der Waals surface area (Å²) in [4.78, 5) is 11.4. The lowest BCUT2D eigenvalue weighted by Gasteiger charge is -2.12. The SMILES string of the molecule is Cc1cc(S(=O)(=O)N(C)CC(=O)O)sc1C. The first-order valence-electron chi connectivity index (χ1n) is 4.50. The molecule has 16 heavy (non-hydrogen) atoms. The third-order valence-corrected chi connectivity index (χ3v) is 5.57. The van der Waals surface area contributed by atoms with Gasteiger partial charge in [0.25, 0.3) is 10.0 Å². The molecular formula is C9H13NO4S2. The molecule has 0 aliphatic rings. The summed E-state index contributed by atoms with van der Waals surface area (Å²) >= 11 is 1.15. The van der Waals surface area contributed by atoms with Crippen molar-refractivity contribution >= 4 is 27.3 Å². The number of carboxylic acids is 1. The topological polar surface area (TPSA) is 74.7 Å². The standard InChI is InChI=1S/C9H13NO4S2/c1-6-4-9(15-7(6)2)16(13,14)10(3)5-8(11)12/h4H,5H2,1-3H3,(H,11,12). The van der Waals surface area contributed by atoms with Gasteiger partial charge < -0.3 is 5.11 Å². The molecule has 0 radical (unpaired) electrons. The maximum atomic E-state index is 11.9. The lowest BCUT2D eigenvalue weighted by Crippen LogP contribution is -2.31. The van der Waals surface area contributed by atoms with Crippen molar-refractivity contribution in [1.82, 2.24) is 4.31 Å². The molecule has 0 atom stereocenters. The summed E-state index contributed by atoms with van der Waals surface area (Å²) < 4.78 is 24.8. The molecular weight excluding hydrogens is 250 g/mol. The second-order valence-electron chi connectivity index (χ2n) is 3.46. The summed E-state index contributed by atoms with van der Waals surface area (Å²) in [7, 11) is -2.41. The lowest BCUT2D eigenvalue weighted by atomic mass is 10.3. The normalized spacial score (nSPS) is 12.0. The average Bonchev–Trinajstić information content (AvgIpc) is 2.46. The van der Waals surface area contributed by atoms with Crippen LogP contribution in [-0.4, -0.2) is 37.4 Å². The van der Waals surface area contributed by atoms with E-state index in [1.807, 2.05) is 13.8 Å². The molecule has 0 saturated heterocycles. The highest BCUT2D eigenvalue weighted by Crippen LogP contribution is 2.26. The van der Waals surface area contributed by atoms with Gasteiger partial charge in [0.1, 0.15) is 10.8 Å². The molecule has 90 valence electrons. The van der Waals surface area contributed by atoms with Crippen LogP contribution in [0.15, 0.2) is 10.3 Å². The van der Waals surface area contributed by atoms with Crippen LogP contribution in [0.2, 0.25) is 0 Å². The fourth-order valence-electron chi connectivity index (χ4n) is 1.10. The maximum Gasteiger partial charge on any atom is 0.318 e. The van der Waals surface area contributed by atoms with Gasteiger partial charge in [0.05, 0.1) is 0 Å². The number of thiophene rings is 1. The van der Waals surface area contributed by atoms with E-state index in [9.17, 15) is 13.2 Å². The van der Waals surface area contributed by atoms with E-state index in [0.717, 1.165) is 26.1 Å². The molecule has 0 aromatic carbocycles. The fourth-order valence-corrected chi connectivity index (χ4v) is 3.94. The average molecular weight is 263 g/mol. The van der Waals surface area contributed by atoms with Gasteiger partial charge in [-0.2, -0.15) is 4.31 Å². The van der Waals surface area contributed by atoms with Crippen LogP contribution < -0.4 is 0 Å². The first-order valence-corrected chi connectivity index (χ1v) is 6.76. The second-order valence-corrected chi connectivity index (χ2v) is 6.99. The molecule has 0 fully saturated rings. The van der Waals surface area contributed by atoms with E-state index in [4.69, 9.17) is 5.11 Å². The number of rotatable bonds is 4. The first kappa shape index (κ1) is 13.1. The smallest absolute Gasteiger partial charge is 0.318 e. The molecule has 5 nitrogen and oxygen atoms in total. The monoisotopic (exact) mass is 263 g/mol. The van der Waals surface area contributed by atoms with E-state index >= 15 is 0 Å². The highest BCUT2D eigenvalue weighted by molar-refractivity contribution is 7.91. The van der Waals surface area contributed by atoms with Gasteiger partial charge in [-0.05, 0) is 25.5 Å². The number of carbonyl (C=O) groups is 1. The number of carboxylic acid groups (broad SMARTS) is 1. The zero-order valence-corrected chi connectivity index (χ0v) is 10.9. The van der Waals surface area contributed by atoms with Crippen LogP contribution >= 0.6 is 11.3 Å². The van der Waals surface area contributed by atoms with Crippen molar-refractivity contribution in [2.24, 2.45) is 0 Å². The third-order valence-electron chi connectivity index (χ3n) is 2.17. The van der Waals surface area contributed by atoms with Gasteiger partial charge in [0.15, 0.2) is 0 Å². The lowest BCUT2D eigenvalue weighted by molar-refractivity contribution is -0.137. The molecule has 0 aliphatic carbocycles. The van der Waals surface area contributed by atoms with Crippen molar-refractivity contribution < 1.29 is 18.3 Å². The molecule has 0 aliphatic heterocycles. The first-order chi connectivity index (χ1) is 7.25. The molecule has 7 heteroatoms. The van der Waals surface area contributed by atoms with Crippen LogP contribution in [0.4, 0.5) is 0 Å². The number of hydrogen-bond acceptors (Lipinski definition) is 4. The Hall–Kier alpha value is -0.920. The van der Waals surface area contributed by atoms with Crippen LogP contribution in [0.5, 0.6) is 0 Å². The quantitative estimate of drug-likeness (QED) is 0.881. The van der Waals surface area contributed by atoms with Gasteiger partial charge in [0, 0.05) is 11.9 Å². The maximum absolute atomic E-state index is 11.9. The van der Waals surface area contributed by atoms with E-state index in [2.05, 4.69) is 0 Å². The highest BCUT2D eigenvalue weighted by Gasteiger charge is 2.24. The van der Waals surface area contributed by atoms with Gasteiger partial charge in [-0.15, -0.1) is 11.3 Å². The zero-order valence-electron chi connectivity index (χ0n) is 9.22. The molecule has 0 unspecified atom stereocenters. The summed E-state index contributed by atoms with van der Waals surface area (Å²) in [6.07, 6.45) is 0. The van der Waals surface area contributed by atoms with Gasteiger partial charge in [0.2, 0.25) is 0 Å². The van der Waals surface area contributed by atoms with Gasteiger partial charge in [-0.3, -0.25) is 4.79 Å². The molecule has 0 amide bonds. The Morgan fingerprint density at radius 2 is 2.06 bits per heavy atom. The Balaban J connectivity index is 3.06. The highest BCUT2D eigenvalue weighted by atomic mass is 32.2. The summed E-state index contributed by atoms with van der Waals surface area (Å²) in [5, 5.41) is 8.55. The minimum atomic E-state index is -3.66. The molecule has 1 N–H and O–H groups in total. The van der Waals surface area contributed by atoms with E-state index < -0.39 is 22.5 Å². The molecule has 0 saturated carbocycles. The predicted octanol–water partition coefficient (Wildman–Crippen LogP) is 1.07. The molecule has 0 bridgehead atoms. The Labute approximate surface area is 98.4 Å². The van der Waals surface area contributed by atoms with Crippen LogP contribution in [0.3, 0.4) is 0 Å². The van der Waals surface area contributed by atoms with Crippen molar-refractivity contribution in [3.8, 4) is 0 Å². The Bertz CT molecular complexity index is 484. The predicted molar refractivity (Wildman–Crippen MR) is 61.2 cm³/mol. The molecule has 1 heterocycles. The Kier molecular flexibility index (Phi) is 3.72. The number of aryl methyl sites for hydroxylation is 2. The molecule has 1 rings (SSSR count). The van der Waals surface area contributed by atoms with Gasteiger partial charge in [-0.1, -0.05) is 0 Å². The minimum Gasteiger partial charge on any atom is -0.480 e. The summed E-state index contributed by atoms with van der Waals surface area (Å²) in [6, 6.07) is 1.56. The van der Waals surface area contributed by atoms with Crippen molar-refractivity contribution in [1.29, 1.82) is 0 Å². The zero-order chi connectivity index (χ0) is 12.5. The van der Waals surface area contributed by atoms with Crippen molar-refractivity contribution in [3.63, 3.8) is 0 Å². The van der Waals surface area contributed by atoms with E-state index in [0.29, 0.717) is 0 Å². The van der Waals surface area contributed by atoms with Crippen molar-refractivity contribution in [2.45, 2.75) is 18.1 Å². The van der Waals surface area contributed by atoms with Crippen LogP contribution in [0, 0.1) is 13.8 Å². The summed E-state index contributed by atoms with van der Waals surface area (Å²) in [5.74, 6) is -1.17. The van der Waals surface area contributed by atoms with E-state index in [1.54, 1.807) is 6.07 Å². The number of aliphatic carboxylic acids is 1. The second kappa shape index (κ2) is 4.52. The largest absolute Gasteiger partial charge is 0.480 e. The number of sulfonamides is 1. The van der Waals surface area contributed by atoms with E-state index in [-0.39, 0.29) is 4.21 Å². The summed E-state index contributed by atoms with van der Waals surface area (Å²) in [6.45, 7) is 3.12. The van der Waals surface area contributed by atoms with E-state index in [1.165, 1.54) is 7.05 Å². The summed E-state index contributed by atoms with van der Waals surface area (Å²) in [5.41, 5.74) is 0.896. The number of likely N-dealkylation sites (N-methyl/N-ethyl adjacent to an activating group) is 1. The van der Waals surface area contributed by atoms with Crippen LogP contribution in [0.1, 0.15) is 10.4 Å². The van der Waals surface area contributed by atoms with Crippen LogP contribution in [0.25, 0.3) is 0 Å². The number of nitrogens with zero attached hydrogens (tertiary/aromatic N) is 1. The minimum absolute atomic E-state index is 0.186. The van der Waals surface area contributed by atoms with Crippen molar-refractivity contribution in [3.05, 3.63) is 16.5 Å². The molecule has 1 aromatic heterocycles. The fraction of sp³-hybridized carbons (Fsp3) is 0.444. The van der Waals surface area contributed by atoms with Crippen LogP contribution in [-0.2, 0) is 14.8 Å². The molecule has 1 aromatic rings. The number of hydrogen-bond donors (Lipinski definition) is 1. The van der Waals surface area contributed by atoms with Gasteiger partial charge in [-0.25, -0.2) is 8.42 Å². The molecule has 0 spiro atoms. The Morgan fingerprint density at radius 1 is 1.50 bits per heavy atom.